The summed E-state index contributed by atoms with van der Waals surface area (Å²) in [5.41, 5.74) is -1.02. The van der Waals surface area contributed by atoms with Crippen molar-refractivity contribution in [2.45, 2.75) is 20.3 Å². The first-order chi connectivity index (χ1) is 7.91. The molecule has 3 nitrogen and oxygen atoms in total. The first-order valence-corrected chi connectivity index (χ1v) is 5.55. The van der Waals surface area contributed by atoms with Crippen LogP contribution in [0.2, 0.25) is 0 Å². The maximum Gasteiger partial charge on any atom is 0.243 e. The smallest absolute Gasteiger partial charge is 0.243 e. The number of Topliss-reactive ketones (excluding diaryl/α,β-unsaturated/α-hetero) is 2. The fraction of sp³-hybridized carbons (Fsp3) is 0.308. The van der Waals surface area contributed by atoms with Crippen LogP contribution in [0.15, 0.2) is 30.3 Å². The predicted molar refractivity (Wildman–Crippen MR) is 64.8 cm³/mol. The Balaban J connectivity index is 3.21. The monoisotopic (exact) mass is 252 g/mol. The van der Waals surface area contributed by atoms with Crippen LogP contribution in [-0.4, -0.2) is 16.8 Å². The Kier molecular flexibility index (Phi) is 4.18. The second-order valence-corrected chi connectivity index (χ2v) is 4.30. The maximum absolute atomic E-state index is 11.6. The molecule has 0 heterocycles. The Morgan fingerprint density at radius 3 is 1.88 bits per heavy atom. The van der Waals surface area contributed by atoms with E-state index in [4.69, 9.17) is 11.6 Å². The highest BCUT2D eigenvalue weighted by Gasteiger charge is 2.46. The minimum Gasteiger partial charge on any atom is -0.298 e. The number of benzene rings is 1. The number of hydrogen-bond donors (Lipinski definition) is 0. The highest BCUT2D eigenvalue weighted by atomic mass is 35.5. The van der Waals surface area contributed by atoms with Crippen LogP contribution < -0.4 is 0 Å². The van der Waals surface area contributed by atoms with Gasteiger partial charge in [-0.1, -0.05) is 30.3 Å². The minimum absolute atomic E-state index is 0.0147. The second kappa shape index (κ2) is 5.23. The first kappa shape index (κ1) is 13.6. The van der Waals surface area contributed by atoms with Crippen LogP contribution in [0.5, 0.6) is 0 Å². The van der Waals surface area contributed by atoms with Gasteiger partial charge in [-0.25, -0.2) is 0 Å². The lowest BCUT2D eigenvalue weighted by atomic mass is 9.76. The number of halogens is 1. The van der Waals surface area contributed by atoms with Crippen molar-refractivity contribution >= 4 is 28.4 Å². The minimum atomic E-state index is -1.75. The van der Waals surface area contributed by atoms with E-state index in [0.29, 0.717) is 0 Å². The number of carbonyl (C=O) groups is 3. The molecule has 0 spiro atoms. The van der Waals surface area contributed by atoms with Gasteiger partial charge in [0.1, 0.15) is 0 Å². The molecule has 0 N–H and O–H groups in total. The van der Waals surface area contributed by atoms with Crippen LogP contribution in [0.4, 0.5) is 0 Å². The molecule has 1 aromatic carbocycles. The molecule has 0 aliphatic heterocycles. The SMILES string of the molecule is CC(=O)C(Cc1ccccc1)(C(C)=O)C(=O)Cl. The number of ketones is 2. The number of carbonyl (C=O) groups excluding carboxylic acids is 3. The topological polar surface area (TPSA) is 51.2 Å². The molecule has 0 aromatic heterocycles. The summed E-state index contributed by atoms with van der Waals surface area (Å²) >= 11 is 5.46. The molecular formula is C13H13ClO3. The predicted octanol–water partition coefficient (Wildman–Crippen LogP) is 2.16. The average molecular weight is 253 g/mol. The maximum atomic E-state index is 11.6. The van der Waals surface area contributed by atoms with E-state index in [0.717, 1.165) is 5.56 Å². The Morgan fingerprint density at radius 1 is 1.06 bits per heavy atom. The van der Waals surface area contributed by atoms with Gasteiger partial charge in [-0.3, -0.25) is 14.4 Å². The molecule has 0 aliphatic rings. The lowest BCUT2D eigenvalue weighted by molar-refractivity contribution is -0.143. The zero-order valence-corrected chi connectivity index (χ0v) is 10.5. The quantitative estimate of drug-likeness (QED) is 0.596. The van der Waals surface area contributed by atoms with Crippen molar-refractivity contribution in [2.24, 2.45) is 5.41 Å². The fourth-order valence-corrected chi connectivity index (χ4v) is 2.08. The molecule has 0 bridgehead atoms. The highest BCUT2D eigenvalue weighted by Crippen LogP contribution is 2.28. The van der Waals surface area contributed by atoms with Gasteiger partial charge in [0.05, 0.1) is 0 Å². The van der Waals surface area contributed by atoms with Gasteiger partial charge in [-0.05, 0) is 31.0 Å². The summed E-state index contributed by atoms with van der Waals surface area (Å²) in [5, 5.41) is -0.915. The molecule has 4 heteroatoms. The van der Waals surface area contributed by atoms with Crippen molar-refractivity contribution in [1.29, 1.82) is 0 Å². The van der Waals surface area contributed by atoms with Crippen LogP contribution in [0.1, 0.15) is 19.4 Å². The summed E-state index contributed by atoms with van der Waals surface area (Å²) in [6.07, 6.45) is 0.0147. The van der Waals surface area contributed by atoms with Crippen LogP contribution in [0.25, 0.3) is 0 Å². The summed E-state index contributed by atoms with van der Waals surface area (Å²) in [6.45, 7) is 2.43. The summed E-state index contributed by atoms with van der Waals surface area (Å²) in [5.74, 6) is -1.04. The Labute approximate surface area is 105 Å². The Morgan fingerprint density at radius 2 is 1.53 bits per heavy atom. The Hall–Kier alpha value is -1.48. The van der Waals surface area contributed by atoms with E-state index in [1.807, 2.05) is 6.07 Å². The van der Waals surface area contributed by atoms with Gasteiger partial charge in [0.2, 0.25) is 5.24 Å². The molecule has 0 amide bonds. The molecule has 1 aromatic rings. The van der Waals surface area contributed by atoms with Crippen LogP contribution in [-0.2, 0) is 20.8 Å². The molecule has 0 atom stereocenters. The van der Waals surface area contributed by atoms with Gasteiger partial charge in [0, 0.05) is 6.42 Å². The van der Waals surface area contributed by atoms with Crippen molar-refractivity contribution in [3.8, 4) is 0 Å². The average Bonchev–Trinajstić information content (AvgIpc) is 2.25. The molecule has 17 heavy (non-hydrogen) atoms. The van der Waals surface area contributed by atoms with Crippen LogP contribution >= 0.6 is 11.6 Å². The van der Waals surface area contributed by atoms with Crippen molar-refractivity contribution < 1.29 is 14.4 Å². The number of rotatable bonds is 5. The van der Waals surface area contributed by atoms with E-state index in [1.54, 1.807) is 24.3 Å². The summed E-state index contributed by atoms with van der Waals surface area (Å²) in [4.78, 5) is 34.7. The molecule has 0 fully saturated rings. The van der Waals surface area contributed by atoms with Crippen molar-refractivity contribution in [1.82, 2.24) is 0 Å². The van der Waals surface area contributed by atoms with Gasteiger partial charge >= 0.3 is 0 Å². The van der Waals surface area contributed by atoms with E-state index in [1.165, 1.54) is 13.8 Å². The van der Waals surface area contributed by atoms with Gasteiger partial charge in [-0.2, -0.15) is 0 Å². The van der Waals surface area contributed by atoms with Gasteiger partial charge in [0.25, 0.3) is 0 Å². The molecule has 0 saturated carbocycles. The number of hydrogen-bond acceptors (Lipinski definition) is 3. The summed E-state index contributed by atoms with van der Waals surface area (Å²) < 4.78 is 0. The van der Waals surface area contributed by atoms with E-state index in [-0.39, 0.29) is 6.42 Å². The van der Waals surface area contributed by atoms with E-state index < -0.39 is 22.2 Å². The van der Waals surface area contributed by atoms with Crippen molar-refractivity contribution in [3.63, 3.8) is 0 Å². The third-order valence-electron chi connectivity index (χ3n) is 2.85. The zero-order chi connectivity index (χ0) is 13.1. The van der Waals surface area contributed by atoms with Gasteiger partial charge in [0.15, 0.2) is 17.0 Å². The lowest BCUT2D eigenvalue weighted by Crippen LogP contribution is -2.44. The largest absolute Gasteiger partial charge is 0.298 e. The van der Waals surface area contributed by atoms with Gasteiger partial charge < -0.3 is 0 Å². The van der Waals surface area contributed by atoms with E-state index in [9.17, 15) is 14.4 Å². The standard InChI is InChI=1S/C13H13ClO3/c1-9(15)13(10(2)16,12(14)17)8-11-6-4-3-5-7-11/h3-7H,8H2,1-2H3. The lowest BCUT2D eigenvalue weighted by Gasteiger charge is -2.24. The first-order valence-electron chi connectivity index (χ1n) is 5.17. The summed E-state index contributed by atoms with van der Waals surface area (Å²) in [7, 11) is 0. The van der Waals surface area contributed by atoms with E-state index >= 15 is 0 Å². The molecule has 1 rings (SSSR count). The van der Waals surface area contributed by atoms with Crippen molar-refractivity contribution in [3.05, 3.63) is 35.9 Å². The highest BCUT2D eigenvalue weighted by molar-refractivity contribution is 6.69. The van der Waals surface area contributed by atoms with Crippen LogP contribution in [0.3, 0.4) is 0 Å². The molecule has 0 unspecified atom stereocenters. The third-order valence-corrected chi connectivity index (χ3v) is 3.17. The van der Waals surface area contributed by atoms with Crippen molar-refractivity contribution in [2.75, 3.05) is 0 Å². The molecule has 90 valence electrons. The molecule has 0 saturated heterocycles. The zero-order valence-electron chi connectivity index (χ0n) is 9.70. The summed E-state index contributed by atoms with van der Waals surface area (Å²) in [6, 6.07) is 8.87. The Bertz CT molecular complexity index is 415. The normalized spacial score (nSPS) is 11.0. The molecule has 0 radical (unpaired) electrons. The molecule has 0 aliphatic carbocycles. The molecular weight excluding hydrogens is 240 g/mol. The van der Waals surface area contributed by atoms with E-state index in [2.05, 4.69) is 0 Å². The van der Waals surface area contributed by atoms with Crippen LogP contribution in [0, 0.1) is 5.41 Å². The third kappa shape index (κ3) is 2.61. The fourth-order valence-electron chi connectivity index (χ4n) is 1.75. The van der Waals surface area contributed by atoms with Gasteiger partial charge in [-0.15, -0.1) is 0 Å². The second-order valence-electron chi connectivity index (χ2n) is 3.95.